The molecule has 0 saturated heterocycles. The maximum Gasteiger partial charge on any atom is 0.108 e. The van der Waals surface area contributed by atoms with E-state index in [1.54, 1.807) is 0 Å². The number of hydrogen-bond donors (Lipinski definition) is 0. The van der Waals surface area contributed by atoms with Crippen molar-refractivity contribution in [3.63, 3.8) is 0 Å². The van der Waals surface area contributed by atoms with Crippen molar-refractivity contribution < 1.29 is 0 Å². The lowest BCUT2D eigenvalue weighted by Gasteiger charge is -2.30. The Morgan fingerprint density at radius 3 is 1.36 bits per heavy atom. The van der Waals surface area contributed by atoms with Gasteiger partial charge < -0.3 is 9.80 Å². The highest BCUT2D eigenvalue weighted by Gasteiger charge is 2.45. The molecule has 0 aromatic heterocycles. The molecule has 0 N–H and O–H groups in total. The summed E-state index contributed by atoms with van der Waals surface area (Å²) in [6, 6.07) is 77.3. The Hall–Kier alpha value is -7.08. The molecule has 0 heterocycles. The van der Waals surface area contributed by atoms with Gasteiger partial charge in [0.15, 0.2) is 0 Å². The van der Waals surface area contributed by atoms with Crippen molar-refractivity contribution in [3.8, 4) is 23.0 Å². The average Bonchev–Trinajstić information content (AvgIpc) is 3.54. The van der Waals surface area contributed by atoms with Gasteiger partial charge in [-0.25, -0.2) is 0 Å². The SMILES string of the molecule is C(#CC1(c2ccccc2)c2ccccc2-c2c(N(c3ccccc3)c3ccc(N(c4ccccc4)c4ccccc4)cc3)cccc21)c1ccccc1. The molecule has 2 nitrogen and oxygen atoms in total. The number of benzene rings is 8. The van der Waals surface area contributed by atoms with E-state index >= 15 is 0 Å². The Morgan fingerprint density at radius 1 is 0.340 bits per heavy atom. The Morgan fingerprint density at radius 2 is 0.774 bits per heavy atom. The lowest BCUT2D eigenvalue weighted by atomic mass is 9.73. The summed E-state index contributed by atoms with van der Waals surface area (Å²) in [7, 11) is 0. The molecule has 1 unspecified atom stereocenters. The number of anilines is 6. The molecular weight excluding hydrogens is 641 g/mol. The summed E-state index contributed by atoms with van der Waals surface area (Å²) in [5, 5.41) is 0. The molecule has 1 aliphatic rings. The van der Waals surface area contributed by atoms with E-state index in [9.17, 15) is 0 Å². The summed E-state index contributed by atoms with van der Waals surface area (Å²) < 4.78 is 0. The van der Waals surface area contributed by atoms with Crippen molar-refractivity contribution in [2.75, 3.05) is 9.80 Å². The van der Waals surface area contributed by atoms with E-state index in [1.807, 2.05) is 6.07 Å². The maximum atomic E-state index is 3.86. The molecule has 8 aromatic rings. The smallest absolute Gasteiger partial charge is 0.108 e. The van der Waals surface area contributed by atoms with Crippen LogP contribution >= 0.6 is 0 Å². The molecule has 1 aliphatic carbocycles. The van der Waals surface area contributed by atoms with Crippen LogP contribution < -0.4 is 9.80 Å². The first-order valence-corrected chi connectivity index (χ1v) is 18.0. The average molecular weight is 677 g/mol. The fourth-order valence-electron chi connectivity index (χ4n) is 7.75. The predicted octanol–water partition coefficient (Wildman–Crippen LogP) is 13.0. The third-order valence-electron chi connectivity index (χ3n) is 10.1. The highest BCUT2D eigenvalue weighted by molar-refractivity contribution is 5.97. The molecule has 0 bridgehead atoms. The number of hydrogen-bond acceptors (Lipinski definition) is 2. The first-order valence-electron chi connectivity index (χ1n) is 18.0. The largest absolute Gasteiger partial charge is 0.311 e. The van der Waals surface area contributed by atoms with Gasteiger partial charge in [0.05, 0.1) is 5.69 Å². The fourth-order valence-corrected chi connectivity index (χ4v) is 7.75. The Kier molecular flexibility index (Phi) is 8.37. The molecule has 1 atom stereocenters. The molecule has 0 amide bonds. The van der Waals surface area contributed by atoms with E-state index in [2.05, 4.69) is 234 Å². The molecular formula is C51H36N2. The van der Waals surface area contributed by atoms with Crippen LogP contribution in [0, 0.1) is 11.8 Å². The van der Waals surface area contributed by atoms with Crippen LogP contribution in [0.1, 0.15) is 22.3 Å². The minimum atomic E-state index is -0.670. The summed E-state index contributed by atoms with van der Waals surface area (Å²) in [5.41, 5.74) is 12.8. The number of fused-ring (bicyclic) bond motifs is 3. The van der Waals surface area contributed by atoms with E-state index in [0.29, 0.717) is 0 Å². The Balaban J connectivity index is 1.25. The van der Waals surface area contributed by atoms with E-state index in [0.717, 1.165) is 45.3 Å². The molecule has 250 valence electrons. The van der Waals surface area contributed by atoms with Crippen LogP contribution in [0.25, 0.3) is 11.1 Å². The van der Waals surface area contributed by atoms with E-state index in [4.69, 9.17) is 0 Å². The van der Waals surface area contributed by atoms with E-state index in [1.165, 1.54) is 22.3 Å². The van der Waals surface area contributed by atoms with E-state index in [-0.39, 0.29) is 0 Å². The van der Waals surface area contributed by atoms with Gasteiger partial charge in [-0.05, 0) is 101 Å². The van der Waals surface area contributed by atoms with Crippen molar-refractivity contribution in [1.82, 2.24) is 0 Å². The van der Waals surface area contributed by atoms with Crippen LogP contribution in [0.2, 0.25) is 0 Å². The van der Waals surface area contributed by atoms with Gasteiger partial charge in [0, 0.05) is 39.6 Å². The first-order chi connectivity index (χ1) is 26.3. The summed E-state index contributed by atoms with van der Waals surface area (Å²) in [6.07, 6.45) is 0. The zero-order valence-corrected chi connectivity index (χ0v) is 29.2. The molecule has 0 spiro atoms. The van der Waals surface area contributed by atoms with Crippen molar-refractivity contribution in [1.29, 1.82) is 0 Å². The lowest BCUT2D eigenvalue weighted by molar-refractivity contribution is 0.837. The van der Waals surface area contributed by atoms with Crippen LogP contribution in [0.15, 0.2) is 218 Å². The fraction of sp³-hybridized carbons (Fsp3) is 0.0196. The second-order valence-electron chi connectivity index (χ2n) is 13.2. The normalized spacial score (nSPS) is 14.0. The van der Waals surface area contributed by atoms with Crippen molar-refractivity contribution >= 4 is 34.1 Å². The van der Waals surface area contributed by atoms with Crippen LogP contribution in [0.3, 0.4) is 0 Å². The van der Waals surface area contributed by atoms with Gasteiger partial charge in [-0.2, -0.15) is 0 Å². The van der Waals surface area contributed by atoms with Gasteiger partial charge in [0.1, 0.15) is 5.41 Å². The molecule has 0 aliphatic heterocycles. The van der Waals surface area contributed by atoms with Gasteiger partial charge in [0.2, 0.25) is 0 Å². The topological polar surface area (TPSA) is 6.48 Å². The summed E-state index contributed by atoms with van der Waals surface area (Å²) >= 11 is 0. The minimum absolute atomic E-state index is 0.670. The quantitative estimate of drug-likeness (QED) is 0.155. The molecule has 2 heteroatoms. The van der Waals surface area contributed by atoms with Crippen LogP contribution in [0.5, 0.6) is 0 Å². The Labute approximate surface area is 311 Å². The van der Waals surface area contributed by atoms with Crippen LogP contribution in [-0.2, 0) is 5.41 Å². The highest BCUT2D eigenvalue weighted by Crippen LogP contribution is 2.56. The maximum absolute atomic E-state index is 3.86. The number of rotatable bonds is 7. The molecule has 0 fully saturated rings. The zero-order valence-electron chi connectivity index (χ0n) is 29.2. The van der Waals surface area contributed by atoms with Gasteiger partial charge in [-0.1, -0.05) is 151 Å². The van der Waals surface area contributed by atoms with E-state index < -0.39 is 5.41 Å². The monoisotopic (exact) mass is 676 g/mol. The van der Waals surface area contributed by atoms with Crippen molar-refractivity contribution in [3.05, 3.63) is 241 Å². The molecule has 8 aromatic carbocycles. The van der Waals surface area contributed by atoms with Crippen LogP contribution in [-0.4, -0.2) is 0 Å². The third kappa shape index (κ3) is 5.75. The summed E-state index contributed by atoms with van der Waals surface area (Å²) in [5.74, 6) is 7.46. The number of nitrogens with zero attached hydrogens (tertiary/aromatic N) is 2. The molecule has 9 rings (SSSR count). The molecule has 53 heavy (non-hydrogen) atoms. The van der Waals surface area contributed by atoms with Crippen molar-refractivity contribution in [2.24, 2.45) is 0 Å². The highest BCUT2D eigenvalue weighted by atomic mass is 15.2. The van der Waals surface area contributed by atoms with Gasteiger partial charge >= 0.3 is 0 Å². The number of para-hydroxylation sites is 3. The molecule has 0 radical (unpaired) electrons. The van der Waals surface area contributed by atoms with Gasteiger partial charge in [-0.15, -0.1) is 0 Å². The second kappa shape index (κ2) is 13.9. The Bertz CT molecular complexity index is 2500. The zero-order chi connectivity index (χ0) is 35.5. The molecule has 0 saturated carbocycles. The summed E-state index contributed by atoms with van der Waals surface area (Å²) in [4.78, 5) is 4.69. The van der Waals surface area contributed by atoms with Gasteiger partial charge in [-0.3, -0.25) is 0 Å². The van der Waals surface area contributed by atoms with Crippen molar-refractivity contribution in [2.45, 2.75) is 5.41 Å². The van der Waals surface area contributed by atoms with Gasteiger partial charge in [0.25, 0.3) is 0 Å². The second-order valence-corrected chi connectivity index (χ2v) is 13.2. The summed E-state index contributed by atoms with van der Waals surface area (Å²) in [6.45, 7) is 0. The minimum Gasteiger partial charge on any atom is -0.311 e. The van der Waals surface area contributed by atoms with Crippen LogP contribution in [0.4, 0.5) is 34.1 Å². The standard InChI is InChI=1S/C51H36N2/c1-6-19-39(20-7-1)37-38-51(40-21-8-2-9-22-40)47-30-17-16-29-46(47)50-48(51)31-18-32-49(50)53(43-27-14-5-15-28-43)45-35-33-44(34-36-45)52(41-23-10-3-11-24-41)42-25-12-4-13-26-42/h1-36H. The lowest BCUT2D eigenvalue weighted by Crippen LogP contribution is -2.25. The predicted molar refractivity (Wildman–Crippen MR) is 221 cm³/mol. The first kappa shape index (κ1) is 31.9. The third-order valence-corrected chi connectivity index (χ3v) is 10.1.